The zero-order valence-electron chi connectivity index (χ0n) is 13.5. The summed E-state index contributed by atoms with van der Waals surface area (Å²) in [7, 11) is 1.58. The number of anilines is 1. The molecule has 0 radical (unpaired) electrons. The Bertz CT molecular complexity index is 918. The van der Waals surface area contributed by atoms with Crippen molar-refractivity contribution in [2.45, 2.75) is 12.5 Å². The van der Waals surface area contributed by atoms with E-state index in [1.165, 1.54) is 0 Å². The summed E-state index contributed by atoms with van der Waals surface area (Å²) in [5.41, 5.74) is 2.70. The number of hydrogen-bond acceptors (Lipinski definition) is 5. The lowest BCUT2D eigenvalue weighted by Crippen LogP contribution is -2.14. The predicted octanol–water partition coefficient (Wildman–Crippen LogP) is 3.35. The van der Waals surface area contributed by atoms with Gasteiger partial charge in [-0.15, -0.1) is 15.3 Å². The third kappa shape index (κ3) is 2.91. The number of nitrogens with zero attached hydrogens (tertiary/aromatic N) is 4. The van der Waals surface area contributed by atoms with Crippen molar-refractivity contribution < 1.29 is 9.53 Å². The van der Waals surface area contributed by atoms with Crippen LogP contribution < -0.4 is 10.1 Å². The maximum atomic E-state index is 12.1. The minimum atomic E-state index is -0.290. The molecule has 2 aliphatic heterocycles. The maximum Gasteiger partial charge on any atom is 0.276 e. The Morgan fingerprint density at radius 1 is 1.16 bits per heavy atom. The molecule has 2 aromatic carbocycles. The number of carbonyl (C=O) groups excluding carboxylic acids is 1. The van der Waals surface area contributed by atoms with Crippen LogP contribution in [-0.2, 0) is 4.79 Å². The Hall–Kier alpha value is -3.35. The van der Waals surface area contributed by atoms with E-state index in [-0.39, 0.29) is 17.7 Å². The predicted molar refractivity (Wildman–Crippen MR) is 94.3 cm³/mol. The molecule has 0 saturated carbocycles. The van der Waals surface area contributed by atoms with Gasteiger partial charge in [0.25, 0.3) is 5.91 Å². The van der Waals surface area contributed by atoms with Gasteiger partial charge in [0.1, 0.15) is 11.8 Å². The van der Waals surface area contributed by atoms with Gasteiger partial charge in [-0.3, -0.25) is 4.79 Å². The number of benzene rings is 2. The average molecular weight is 333 g/mol. The molecular formula is C18H15N5O2. The summed E-state index contributed by atoms with van der Waals surface area (Å²) >= 11 is 0. The summed E-state index contributed by atoms with van der Waals surface area (Å²) in [6, 6.07) is 15.2. The van der Waals surface area contributed by atoms with Crippen LogP contribution in [-0.4, -0.2) is 24.6 Å². The lowest BCUT2D eigenvalue weighted by atomic mass is 10.1. The molecule has 1 atom stereocenters. The first-order valence-electron chi connectivity index (χ1n) is 7.84. The molecule has 7 nitrogen and oxygen atoms in total. The Morgan fingerprint density at radius 3 is 2.80 bits per heavy atom. The van der Waals surface area contributed by atoms with E-state index in [1.54, 1.807) is 25.3 Å². The molecule has 2 aliphatic rings. The molecule has 1 amide bonds. The monoisotopic (exact) mass is 333 g/mol. The normalized spacial score (nSPS) is 21.6. The van der Waals surface area contributed by atoms with E-state index in [9.17, 15) is 4.79 Å². The Morgan fingerprint density at radius 2 is 2.00 bits per heavy atom. The van der Waals surface area contributed by atoms with Crippen molar-refractivity contribution in [2.75, 3.05) is 12.4 Å². The number of amidine groups is 1. The van der Waals surface area contributed by atoms with Crippen LogP contribution in [0.4, 0.5) is 5.69 Å². The van der Waals surface area contributed by atoms with Gasteiger partial charge in [-0.05, 0) is 23.8 Å². The molecule has 7 heteroatoms. The fraction of sp³-hybridized carbons (Fsp3) is 0.167. The van der Waals surface area contributed by atoms with E-state index in [4.69, 9.17) is 4.74 Å². The van der Waals surface area contributed by atoms with Crippen molar-refractivity contribution >= 4 is 23.1 Å². The van der Waals surface area contributed by atoms with Gasteiger partial charge >= 0.3 is 0 Å². The van der Waals surface area contributed by atoms with Gasteiger partial charge in [0.2, 0.25) is 0 Å². The number of carbonyl (C=O) groups is 1. The van der Waals surface area contributed by atoms with Gasteiger partial charge in [0.15, 0.2) is 11.5 Å². The summed E-state index contributed by atoms with van der Waals surface area (Å²) < 4.78 is 5.20. The summed E-state index contributed by atoms with van der Waals surface area (Å²) in [6.45, 7) is 0. The fourth-order valence-corrected chi connectivity index (χ4v) is 2.78. The third-order valence-corrected chi connectivity index (χ3v) is 4.08. The van der Waals surface area contributed by atoms with Crippen LogP contribution in [0.15, 0.2) is 69.0 Å². The van der Waals surface area contributed by atoms with Gasteiger partial charge in [-0.2, -0.15) is 5.11 Å². The molecule has 2 aromatic rings. The second-order valence-electron chi connectivity index (χ2n) is 5.68. The van der Waals surface area contributed by atoms with Gasteiger partial charge in [0, 0.05) is 12.0 Å². The average Bonchev–Trinajstić information content (AvgIpc) is 3.24. The van der Waals surface area contributed by atoms with E-state index in [0.29, 0.717) is 29.3 Å². The molecular weight excluding hydrogens is 318 g/mol. The molecule has 124 valence electrons. The molecule has 4 rings (SSSR count). The van der Waals surface area contributed by atoms with Crippen molar-refractivity contribution in [1.82, 2.24) is 0 Å². The Balaban J connectivity index is 1.58. The van der Waals surface area contributed by atoms with Crippen LogP contribution in [0.2, 0.25) is 0 Å². The van der Waals surface area contributed by atoms with Crippen molar-refractivity contribution in [3.63, 3.8) is 0 Å². The summed E-state index contributed by atoms with van der Waals surface area (Å²) in [4.78, 5) is 12.1. The highest BCUT2D eigenvalue weighted by Gasteiger charge is 2.27. The highest BCUT2D eigenvalue weighted by molar-refractivity contribution is 6.53. The fourth-order valence-electron chi connectivity index (χ4n) is 2.78. The van der Waals surface area contributed by atoms with Crippen LogP contribution in [0.5, 0.6) is 5.75 Å². The minimum Gasteiger partial charge on any atom is -0.497 e. The summed E-state index contributed by atoms with van der Waals surface area (Å²) in [5.74, 6) is 0.868. The number of azo groups is 1. The highest BCUT2D eigenvalue weighted by atomic mass is 16.5. The van der Waals surface area contributed by atoms with Gasteiger partial charge < -0.3 is 10.1 Å². The van der Waals surface area contributed by atoms with Crippen LogP contribution in [0.3, 0.4) is 0 Å². The number of rotatable bonds is 3. The van der Waals surface area contributed by atoms with Crippen molar-refractivity contribution in [3.05, 3.63) is 59.7 Å². The zero-order valence-corrected chi connectivity index (χ0v) is 13.5. The smallest absolute Gasteiger partial charge is 0.276 e. The standard InChI is InChI=1S/C18H15N5O2/c1-25-12-7-8-14-13(9-12)17(18(24)19-14)23-22-16-10-15(20-21-16)11-5-3-2-4-6-11/h2-9,15H,10H2,1H3,(H,19,23,24)/b22-16-/t15-/m1/s1. The van der Waals surface area contributed by atoms with Crippen LogP contribution in [0, 0.1) is 0 Å². The Kier molecular flexibility index (Phi) is 3.81. The lowest BCUT2D eigenvalue weighted by Gasteiger charge is -2.03. The molecule has 0 aliphatic carbocycles. The van der Waals surface area contributed by atoms with E-state index in [1.807, 2.05) is 30.3 Å². The molecule has 0 aromatic heterocycles. The van der Waals surface area contributed by atoms with Crippen molar-refractivity contribution in [2.24, 2.45) is 20.4 Å². The highest BCUT2D eigenvalue weighted by Crippen LogP contribution is 2.29. The van der Waals surface area contributed by atoms with Gasteiger partial charge in [-0.1, -0.05) is 30.3 Å². The first-order valence-corrected chi connectivity index (χ1v) is 7.84. The summed E-state index contributed by atoms with van der Waals surface area (Å²) in [6.07, 6.45) is 0.563. The number of fused-ring (bicyclic) bond motifs is 1. The molecule has 0 bridgehead atoms. The topological polar surface area (TPSA) is 87.8 Å². The SMILES string of the molecule is COc1ccc2c(c1)/C(=N/N=C1/C[C@H](c3ccccc3)N=N1)C(=O)N2. The second kappa shape index (κ2) is 6.27. The number of methoxy groups -OCH3 is 1. The van der Waals surface area contributed by atoms with E-state index < -0.39 is 0 Å². The van der Waals surface area contributed by atoms with Crippen molar-refractivity contribution in [3.8, 4) is 5.75 Å². The largest absolute Gasteiger partial charge is 0.497 e. The molecule has 0 saturated heterocycles. The number of ether oxygens (including phenoxy) is 1. The minimum absolute atomic E-state index is 0.0510. The first-order chi connectivity index (χ1) is 12.2. The zero-order chi connectivity index (χ0) is 17.2. The van der Waals surface area contributed by atoms with Gasteiger partial charge in [-0.25, -0.2) is 0 Å². The summed E-state index contributed by atoms with van der Waals surface area (Å²) in [5, 5.41) is 19.3. The number of hydrogen-bond donors (Lipinski definition) is 1. The molecule has 0 spiro atoms. The first kappa shape index (κ1) is 15.2. The maximum absolute atomic E-state index is 12.1. The quantitative estimate of drug-likeness (QED) is 0.873. The third-order valence-electron chi connectivity index (χ3n) is 4.08. The molecule has 0 unspecified atom stereocenters. The van der Waals surface area contributed by atoms with Crippen LogP contribution >= 0.6 is 0 Å². The molecule has 2 heterocycles. The van der Waals surface area contributed by atoms with Crippen molar-refractivity contribution in [1.29, 1.82) is 0 Å². The van der Waals surface area contributed by atoms with E-state index in [2.05, 4.69) is 25.7 Å². The van der Waals surface area contributed by atoms with E-state index >= 15 is 0 Å². The number of nitrogens with one attached hydrogen (secondary N) is 1. The van der Waals surface area contributed by atoms with Gasteiger partial charge in [0.05, 0.1) is 12.8 Å². The molecule has 0 fully saturated rings. The lowest BCUT2D eigenvalue weighted by molar-refractivity contribution is -0.110. The molecule has 25 heavy (non-hydrogen) atoms. The van der Waals surface area contributed by atoms with E-state index in [0.717, 1.165) is 5.56 Å². The van der Waals surface area contributed by atoms with Crippen LogP contribution in [0.25, 0.3) is 0 Å². The second-order valence-corrected chi connectivity index (χ2v) is 5.68. The Labute approximate surface area is 144 Å². The molecule has 1 N–H and O–H groups in total. The van der Waals surface area contributed by atoms with Crippen LogP contribution in [0.1, 0.15) is 23.6 Å². The number of amides is 1.